The van der Waals surface area contributed by atoms with Gasteiger partial charge in [0.25, 0.3) is 11.8 Å². The highest BCUT2D eigenvalue weighted by Gasteiger charge is 2.30. The van der Waals surface area contributed by atoms with Crippen LogP contribution in [0, 0.1) is 6.92 Å². The average molecular weight is 537 g/mol. The third-order valence-electron chi connectivity index (χ3n) is 6.90. The van der Waals surface area contributed by atoms with Gasteiger partial charge in [-0.25, -0.2) is 4.98 Å². The number of hydrogen-bond acceptors (Lipinski definition) is 6. The number of pyridine rings is 1. The van der Waals surface area contributed by atoms with Crippen molar-refractivity contribution in [1.82, 2.24) is 24.8 Å². The summed E-state index contributed by atoms with van der Waals surface area (Å²) in [6.45, 7) is 7.02. The number of nitrogens with one attached hydrogen (secondary N) is 2. The number of carbonyl (C=O) groups is 3. The van der Waals surface area contributed by atoms with Crippen molar-refractivity contribution in [2.45, 2.75) is 44.8 Å². The second-order valence-electron chi connectivity index (χ2n) is 9.52. The van der Waals surface area contributed by atoms with Crippen LogP contribution in [-0.2, 0) is 9.59 Å². The van der Waals surface area contributed by atoms with Crippen LogP contribution in [0.1, 0.15) is 47.8 Å². The molecule has 2 fully saturated rings. The van der Waals surface area contributed by atoms with Gasteiger partial charge in [0.15, 0.2) is 6.10 Å². The summed E-state index contributed by atoms with van der Waals surface area (Å²) in [5.74, 6) is 0.00162. The van der Waals surface area contributed by atoms with Gasteiger partial charge >= 0.3 is 0 Å². The molecule has 0 spiro atoms. The minimum absolute atomic E-state index is 0.151. The molecule has 2 atom stereocenters. The van der Waals surface area contributed by atoms with Crippen LogP contribution in [0.15, 0.2) is 43.1 Å². The highest BCUT2D eigenvalue weighted by Crippen LogP contribution is 2.39. The molecule has 3 aromatic rings. The maximum Gasteiger partial charge on any atom is 0.261 e. The second kappa shape index (κ2) is 10.8. The van der Waals surface area contributed by atoms with Crippen molar-refractivity contribution in [3.8, 4) is 5.75 Å². The van der Waals surface area contributed by atoms with E-state index in [0.29, 0.717) is 65.1 Å². The maximum absolute atomic E-state index is 13.2. The van der Waals surface area contributed by atoms with Crippen molar-refractivity contribution in [2.75, 3.05) is 25.0 Å². The summed E-state index contributed by atoms with van der Waals surface area (Å²) >= 11 is 6.91. The minimum Gasteiger partial charge on any atom is -0.479 e. The molecule has 5 rings (SSSR count). The number of ether oxygens (including phenoxy) is 1. The third kappa shape index (κ3) is 5.08. The number of likely N-dealkylation sites (tertiary alicyclic amines) is 1. The van der Waals surface area contributed by atoms with E-state index in [9.17, 15) is 14.4 Å². The van der Waals surface area contributed by atoms with E-state index >= 15 is 0 Å². The summed E-state index contributed by atoms with van der Waals surface area (Å²) in [5.41, 5.74) is 2.30. The van der Waals surface area contributed by atoms with Crippen LogP contribution >= 0.6 is 11.6 Å². The number of carbonyl (C=O) groups excluding carboxylic acids is 3. The van der Waals surface area contributed by atoms with Crippen LogP contribution in [0.5, 0.6) is 5.75 Å². The normalized spacial score (nSPS) is 19.6. The van der Waals surface area contributed by atoms with Crippen molar-refractivity contribution < 1.29 is 19.1 Å². The SMILES string of the molecule is C=CC(=O)N1CCCCC(n2c(NC(=O)c3ccnc(C)c3)nc3ccc(OC4CCNC4=O)c(Cl)c32)C1. The molecule has 11 heteroatoms. The summed E-state index contributed by atoms with van der Waals surface area (Å²) in [4.78, 5) is 48.5. The number of fused-ring (bicyclic) bond motifs is 1. The Hall–Kier alpha value is -3.92. The Bertz CT molecular complexity index is 1420. The first-order valence-corrected chi connectivity index (χ1v) is 13.0. The zero-order chi connectivity index (χ0) is 26.8. The van der Waals surface area contributed by atoms with Crippen molar-refractivity contribution >= 4 is 46.3 Å². The van der Waals surface area contributed by atoms with E-state index in [-0.39, 0.29) is 23.8 Å². The minimum atomic E-state index is -0.631. The lowest BCUT2D eigenvalue weighted by Crippen LogP contribution is -2.34. The third-order valence-corrected chi connectivity index (χ3v) is 7.27. The van der Waals surface area contributed by atoms with E-state index in [0.717, 1.165) is 19.3 Å². The molecule has 198 valence electrons. The number of nitrogens with zero attached hydrogens (tertiary/aromatic N) is 4. The average Bonchev–Trinajstić information content (AvgIpc) is 3.38. The van der Waals surface area contributed by atoms with Crippen molar-refractivity contribution in [2.24, 2.45) is 0 Å². The van der Waals surface area contributed by atoms with E-state index in [1.54, 1.807) is 35.4 Å². The molecule has 38 heavy (non-hydrogen) atoms. The summed E-state index contributed by atoms with van der Waals surface area (Å²) < 4.78 is 7.87. The fraction of sp³-hybridized carbons (Fsp3) is 0.370. The molecule has 3 amide bonds. The first kappa shape index (κ1) is 25.7. The van der Waals surface area contributed by atoms with Gasteiger partial charge in [0.05, 0.1) is 17.1 Å². The number of halogens is 1. The summed E-state index contributed by atoms with van der Waals surface area (Å²) in [7, 11) is 0. The zero-order valence-corrected chi connectivity index (χ0v) is 21.8. The number of benzene rings is 1. The Labute approximate surface area is 225 Å². The first-order chi connectivity index (χ1) is 18.4. The predicted molar refractivity (Wildman–Crippen MR) is 143 cm³/mol. The fourth-order valence-corrected chi connectivity index (χ4v) is 5.32. The lowest BCUT2D eigenvalue weighted by molar-refractivity contribution is -0.126. The van der Waals surface area contributed by atoms with Gasteiger partial charge in [0.1, 0.15) is 10.8 Å². The van der Waals surface area contributed by atoms with Crippen LogP contribution in [0.3, 0.4) is 0 Å². The lowest BCUT2D eigenvalue weighted by Gasteiger charge is -2.26. The Balaban J connectivity index is 1.59. The number of hydrogen-bond donors (Lipinski definition) is 2. The van der Waals surface area contributed by atoms with Gasteiger partial charge < -0.3 is 19.5 Å². The molecule has 10 nitrogen and oxygen atoms in total. The fourth-order valence-electron chi connectivity index (χ4n) is 5.02. The standard InChI is InChI=1S/C27H29ClN6O4/c1-3-22(35)33-13-5-4-6-18(15-33)34-24-19(7-8-20(23(24)28)38-21-10-12-30-26(21)37)31-27(34)32-25(36)17-9-11-29-16(2)14-17/h3,7-9,11,14,18,21H,1,4-6,10,12-13,15H2,2H3,(H,30,37)(H,31,32,36). The van der Waals surface area contributed by atoms with Crippen LogP contribution in [0.4, 0.5) is 5.95 Å². The zero-order valence-electron chi connectivity index (χ0n) is 21.1. The molecular formula is C27H29ClN6O4. The Morgan fingerprint density at radius 2 is 2.11 bits per heavy atom. The molecule has 0 bridgehead atoms. The van der Waals surface area contributed by atoms with Gasteiger partial charge in [-0.05, 0) is 56.5 Å². The molecule has 1 aromatic carbocycles. The molecule has 2 aliphatic heterocycles. The lowest BCUT2D eigenvalue weighted by atomic mass is 10.1. The van der Waals surface area contributed by atoms with Gasteiger partial charge in [0, 0.05) is 43.5 Å². The number of anilines is 1. The van der Waals surface area contributed by atoms with E-state index < -0.39 is 6.10 Å². The van der Waals surface area contributed by atoms with Gasteiger partial charge in [-0.2, -0.15) is 0 Å². The number of aryl methyl sites for hydroxylation is 1. The monoisotopic (exact) mass is 536 g/mol. The second-order valence-corrected chi connectivity index (χ2v) is 9.89. The van der Waals surface area contributed by atoms with E-state index in [4.69, 9.17) is 21.3 Å². The highest BCUT2D eigenvalue weighted by molar-refractivity contribution is 6.36. The van der Waals surface area contributed by atoms with E-state index in [1.807, 2.05) is 11.5 Å². The predicted octanol–water partition coefficient (Wildman–Crippen LogP) is 3.65. The van der Waals surface area contributed by atoms with Crippen LogP contribution in [-0.4, -0.2) is 62.9 Å². The van der Waals surface area contributed by atoms with E-state index in [1.165, 1.54) is 6.08 Å². The smallest absolute Gasteiger partial charge is 0.261 e. The maximum atomic E-state index is 13.2. The summed E-state index contributed by atoms with van der Waals surface area (Å²) in [5, 5.41) is 6.00. The Morgan fingerprint density at radius 1 is 1.26 bits per heavy atom. The first-order valence-electron chi connectivity index (χ1n) is 12.7. The summed E-state index contributed by atoms with van der Waals surface area (Å²) in [6, 6.07) is 6.56. The van der Waals surface area contributed by atoms with Crippen molar-refractivity contribution in [1.29, 1.82) is 0 Å². The van der Waals surface area contributed by atoms with Gasteiger partial charge in [-0.1, -0.05) is 18.2 Å². The Kier molecular flexibility index (Phi) is 7.33. The number of amides is 3. The molecule has 2 aliphatic rings. The number of rotatable bonds is 6. The van der Waals surface area contributed by atoms with Crippen molar-refractivity contribution in [3.63, 3.8) is 0 Å². The largest absolute Gasteiger partial charge is 0.479 e. The van der Waals surface area contributed by atoms with Gasteiger partial charge in [0.2, 0.25) is 11.9 Å². The summed E-state index contributed by atoms with van der Waals surface area (Å²) in [6.07, 6.45) is 5.27. The van der Waals surface area contributed by atoms with Crippen LogP contribution in [0.25, 0.3) is 11.0 Å². The van der Waals surface area contributed by atoms with Crippen molar-refractivity contribution in [3.05, 3.63) is 59.4 Å². The Morgan fingerprint density at radius 3 is 2.84 bits per heavy atom. The van der Waals surface area contributed by atoms with Gasteiger partial charge in [-0.3, -0.25) is 24.7 Å². The molecule has 0 aliphatic carbocycles. The molecule has 2 unspecified atom stereocenters. The molecule has 0 saturated carbocycles. The topological polar surface area (TPSA) is 118 Å². The molecule has 2 aromatic heterocycles. The number of aromatic nitrogens is 3. The number of imidazole rings is 1. The molecule has 2 saturated heterocycles. The molecule has 2 N–H and O–H groups in total. The van der Waals surface area contributed by atoms with Gasteiger partial charge in [-0.15, -0.1) is 0 Å². The molecular weight excluding hydrogens is 508 g/mol. The molecule has 0 radical (unpaired) electrons. The van der Waals surface area contributed by atoms with Crippen LogP contribution in [0.2, 0.25) is 5.02 Å². The molecule has 4 heterocycles. The highest BCUT2D eigenvalue weighted by atomic mass is 35.5. The van der Waals surface area contributed by atoms with Crippen LogP contribution < -0.4 is 15.4 Å². The van der Waals surface area contributed by atoms with E-state index in [2.05, 4.69) is 22.2 Å². The quantitative estimate of drug-likeness (QED) is 0.464.